The van der Waals surface area contributed by atoms with Gasteiger partial charge < -0.3 is 10.6 Å². The molecule has 1 aromatic rings. The number of rotatable bonds is 3. The van der Waals surface area contributed by atoms with Crippen molar-refractivity contribution in [1.29, 1.82) is 0 Å². The number of thioether (sulfide) groups is 1. The highest BCUT2D eigenvalue weighted by Crippen LogP contribution is 2.29. The zero-order valence-electron chi connectivity index (χ0n) is 12.5. The maximum atomic E-state index is 5.90. The molecule has 3 atom stereocenters. The first-order valence-electron chi connectivity index (χ1n) is 7.21. The van der Waals surface area contributed by atoms with Gasteiger partial charge >= 0.3 is 0 Å². The second kappa shape index (κ2) is 6.19. The van der Waals surface area contributed by atoms with Gasteiger partial charge in [0.05, 0.1) is 0 Å². The van der Waals surface area contributed by atoms with Gasteiger partial charge in [-0.15, -0.1) is 0 Å². The minimum atomic E-state index is 0.232. The van der Waals surface area contributed by atoms with Crippen molar-refractivity contribution in [3.63, 3.8) is 0 Å². The van der Waals surface area contributed by atoms with Crippen LogP contribution in [-0.2, 0) is 6.42 Å². The van der Waals surface area contributed by atoms with E-state index in [9.17, 15) is 0 Å². The lowest BCUT2D eigenvalue weighted by Gasteiger charge is -2.36. The van der Waals surface area contributed by atoms with Crippen LogP contribution < -0.4 is 10.6 Å². The molecule has 1 aliphatic rings. The Morgan fingerprint density at radius 1 is 1.32 bits per heavy atom. The third kappa shape index (κ3) is 3.90. The smallest absolute Gasteiger partial charge is 0.0369 e. The Labute approximate surface area is 121 Å². The summed E-state index contributed by atoms with van der Waals surface area (Å²) in [6.45, 7) is 11.2. The fourth-order valence-electron chi connectivity index (χ4n) is 2.84. The molecule has 0 bridgehead atoms. The van der Waals surface area contributed by atoms with Crippen molar-refractivity contribution < 1.29 is 0 Å². The Bertz CT molecular complexity index is 421. The first-order chi connectivity index (χ1) is 8.95. The zero-order valence-corrected chi connectivity index (χ0v) is 13.3. The van der Waals surface area contributed by atoms with Crippen molar-refractivity contribution in [3.8, 4) is 0 Å². The van der Waals surface area contributed by atoms with Crippen LogP contribution in [0.1, 0.15) is 31.9 Å². The van der Waals surface area contributed by atoms with Crippen molar-refractivity contribution in [2.45, 2.75) is 50.7 Å². The van der Waals surface area contributed by atoms with E-state index in [0.717, 1.165) is 19.5 Å². The topological polar surface area (TPSA) is 29.3 Å². The van der Waals surface area contributed by atoms with Gasteiger partial charge in [-0.05, 0) is 43.5 Å². The molecule has 3 unspecified atom stereocenters. The summed E-state index contributed by atoms with van der Waals surface area (Å²) in [5.41, 5.74) is 10.0. The monoisotopic (exact) mass is 278 g/mol. The number of nitrogens with two attached hydrogens (primary N) is 1. The first-order valence-corrected chi connectivity index (χ1v) is 8.15. The van der Waals surface area contributed by atoms with Crippen molar-refractivity contribution in [1.82, 2.24) is 0 Å². The highest BCUT2D eigenvalue weighted by Gasteiger charge is 2.22. The molecule has 0 aromatic heterocycles. The maximum Gasteiger partial charge on any atom is 0.0369 e. The van der Waals surface area contributed by atoms with Crippen LogP contribution in [-0.4, -0.2) is 29.6 Å². The van der Waals surface area contributed by atoms with Gasteiger partial charge in [0.1, 0.15) is 0 Å². The highest BCUT2D eigenvalue weighted by molar-refractivity contribution is 8.00. The van der Waals surface area contributed by atoms with E-state index in [0.29, 0.717) is 10.5 Å². The molecule has 1 aromatic carbocycles. The fourth-order valence-corrected chi connectivity index (χ4v) is 4.17. The lowest BCUT2D eigenvalue weighted by Crippen LogP contribution is -2.40. The molecule has 1 aliphatic heterocycles. The minimum Gasteiger partial charge on any atom is -0.369 e. The Morgan fingerprint density at radius 3 is 2.47 bits per heavy atom. The Kier molecular flexibility index (Phi) is 4.80. The predicted molar refractivity (Wildman–Crippen MR) is 87.3 cm³/mol. The molecule has 0 amide bonds. The third-order valence-corrected chi connectivity index (χ3v) is 4.88. The predicted octanol–water partition coefficient (Wildman–Crippen LogP) is 3.21. The van der Waals surface area contributed by atoms with E-state index in [1.54, 1.807) is 0 Å². The third-order valence-electron chi connectivity index (χ3n) is 3.65. The van der Waals surface area contributed by atoms with E-state index in [1.165, 1.54) is 16.8 Å². The van der Waals surface area contributed by atoms with Crippen LogP contribution in [0.2, 0.25) is 0 Å². The first kappa shape index (κ1) is 14.7. The molecule has 2 N–H and O–H groups in total. The van der Waals surface area contributed by atoms with Crippen molar-refractivity contribution in [2.24, 2.45) is 5.73 Å². The molecule has 1 saturated heterocycles. The molecule has 2 rings (SSSR count). The molecular formula is C16H26N2S. The summed E-state index contributed by atoms with van der Waals surface area (Å²) in [5, 5.41) is 1.43. The highest BCUT2D eigenvalue weighted by atomic mass is 32.2. The number of anilines is 1. The van der Waals surface area contributed by atoms with Crippen LogP contribution in [0.15, 0.2) is 18.2 Å². The van der Waals surface area contributed by atoms with Gasteiger partial charge in [-0.25, -0.2) is 0 Å². The van der Waals surface area contributed by atoms with Crippen LogP contribution in [0, 0.1) is 6.92 Å². The lowest BCUT2D eigenvalue weighted by atomic mass is 10.0. The summed E-state index contributed by atoms with van der Waals surface area (Å²) < 4.78 is 0. The molecule has 2 nitrogen and oxygen atoms in total. The van der Waals surface area contributed by atoms with Gasteiger partial charge in [-0.1, -0.05) is 19.9 Å². The number of hydrogen-bond acceptors (Lipinski definition) is 3. The standard InChI is InChI=1S/C16H26N2S/c1-11-7-16(6-5-15(11)8-12(2)17)18-9-13(3)19-14(4)10-18/h5-7,12-14H,8-10,17H2,1-4H3. The molecular weight excluding hydrogens is 252 g/mol. The molecule has 0 radical (unpaired) electrons. The van der Waals surface area contributed by atoms with Crippen molar-refractivity contribution in [3.05, 3.63) is 29.3 Å². The van der Waals surface area contributed by atoms with Gasteiger partial charge in [0.15, 0.2) is 0 Å². The van der Waals surface area contributed by atoms with E-state index >= 15 is 0 Å². The van der Waals surface area contributed by atoms with E-state index < -0.39 is 0 Å². The van der Waals surface area contributed by atoms with Gasteiger partial charge in [0.2, 0.25) is 0 Å². The van der Waals surface area contributed by atoms with E-state index in [2.05, 4.69) is 62.6 Å². The maximum absolute atomic E-state index is 5.90. The average molecular weight is 278 g/mol. The lowest BCUT2D eigenvalue weighted by molar-refractivity contribution is 0.723. The summed E-state index contributed by atoms with van der Waals surface area (Å²) in [5.74, 6) is 0. The van der Waals surface area contributed by atoms with Crippen LogP contribution in [0.5, 0.6) is 0 Å². The molecule has 0 aliphatic carbocycles. The van der Waals surface area contributed by atoms with Crippen LogP contribution in [0.25, 0.3) is 0 Å². The normalized spacial score (nSPS) is 25.4. The summed E-state index contributed by atoms with van der Waals surface area (Å²) in [7, 11) is 0. The van der Waals surface area contributed by atoms with E-state index in [4.69, 9.17) is 5.73 Å². The Hall–Kier alpha value is -0.670. The summed E-state index contributed by atoms with van der Waals surface area (Å²) in [6.07, 6.45) is 0.967. The average Bonchev–Trinajstić information content (AvgIpc) is 2.30. The van der Waals surface area contributed by atoms with Gasteiger partial charge in [-0.2, -0.15) is 11.8 Å². The molecule has 106 valence electrons. The molecule has 1 heterocycles. The molecule has 19 heavy (non-hydrogen) atoms. The number of hydrogen-bond donors (Lipinski definition) is 1. The Balaban J connectivity index is 2.15. The zero-order chi connectivity index (χ0) is 14.0. The number of aryl methyl sites for hydroxylation is 1. The molecule has 1 fully saturated rings. The second-order valence-electron chi connectivity index (χ2n) is 5.95. The second-order valence-corrected chi connectivity index (χ2v) is 7.84. The van der Waals surface area contributed by atoms with Gasteiger partial charge in [0, 0.05) is 35.3 Å². The largest absolute Gasteiger partial charge is 0.369 e. The van der Waals surface area contributed by atoms with Gasteiger partial charge in [0.25, 0.3) is 0 Å². The van der Waals surface area contributed by atoms with Crippen LogP contribution in [0.4, 0.5) is 5.69 Å². The summed E-state index contributed by atoms with van der Waals surface area (Å²) >= 11 is 2.10. The van der Waals surface area contributed by atoms with Crippen LogP contribution >= 0.6 is 11.8 Å². The van der Waals surface area contributed by atoms with Gasteiger partial charge in [-0.3, -0.25) is 0 Å². The number of benzene rings is 1. The fraction of sp³-hybridized carbons (Fsp3) is 0.625. The van der Waals surface area contributed by atoms with Crippen molar-refractivity contribution in [2.75, 3.05) is 18.0 Å². The summed E-state index contributed by atoms with van der Waals surface area (Å²) in [4.78, 5) is 2.52. The molecule has 0 saturated carbocycles. The minimum absolute atomic E-state index is 0.232. The van der Waals surface area contributed by atoms with E-state index in [-0.39, 0.29) is 6.04 Å². The number of nitrogens with zero attached hydrogens (tertiary/aromatic N) is 1. The van der Waals surface area contributed by atoms with Crippen molar-refractivity contribution >= 4 is 17.4 Å². The molecule has 3 heteroatoms. The SMILES string of the molecule is Cc1cc(N2CC(C)SC(C)C2)ccc1CC(C)N. The Morgan fingerprint density at radius 2 is 1.95 bits per heavy atom. The quantitative estimate of drug-likeness (QED) is 0.920. The van der Waals surface area contributed by atoms with E-state index in [1.807, 2.05) is 0 Å². The molecule has 0 spiro atoms. The summed E-state index contributed by atoms with van der Waals surface area (Å²) in [6, 6.07) is 7.08. The van der Waals surface area contributed by atoms with Crippen LogP contribution in [0.3, 0.4) is 0 Å².